The third-order valence-electron chi connectivity index (χ3n) is 3.98. The maximum atomic E-state index is 12.8. The standard InChI is InChI=1S/C18H23N3O4S/c1-3-4-7-16(13-6-5-10-20-12-13)21-18(22)15-11-14(26(19,23)24)8-9-17(15)25-2/h5-6,8-12,16H,3-4,7H2,1-2H3,(H,21,22)(H2,19,23,24)/t16-/m0/s1. The number of ether oxygens (including phenoxy) is 1. The average Bonchev–Trinajstić information content (AvgIpc) is 2.64. The second kappa shape index (κ2) is 8.77. The number of hydrogen-bond donors (Lipinski definition) is 2. The number of unbranched alkanes of at least 4 members (excludes halogenated alkanes) is 1. The summed E-state index contributed by atoms with van der Waals surface area (Å²) in [6.45, 7) is 2.07. The molecule has 0 aliphatic heterocycles. The largest absolute Gasteiger partial charge is 0.496 e. The van der Waals surface area contributed by atoms with Crippen LogP contribution >= 0.6 is 0 Å². The summed E-state index contributed by atoms with van der Waals surface area (Å²) in [7, 11) is -2.51. The number of carbonyl (C=O) groups excluding carboxylic acids is 1. The summed E-state index contributed by atoms with van der Waals surface area (Å²) in [4.78, 5) is 16.8. The zero-order chi connectivity index (χ0) is 19.2. The molecule has 2 rings (SSSR count). The number of pyridine rings is 1. The number of nitrogens with one attached hydrogen (secondary N) is 1. The van der Waals surface area contributed by atoms with Gasteiger partial charge in [0.15, 0.2) is 0 Å². The Balaban J connectivity index is 2.34. The first-order chi connectivity index (χ1) is 12.4. The van der Waals surface area contributed by atoms with Crippen molar-refractivity contribution in [3.8, 4) is 5.75 Å². The van der Waals surface area contributed by atoms with Crippen LogP contribution in [0.3, 0.4) is 0 Å². The summed E-state index contributed by atoms with van der Waals surface area (Å²) < 4.78 is 28.4. The number of nitrogens with two attached hydrogens (primary N) is 1. The molecule has 8 heteroatoms. The molecular formula is C18H23N3O4S. The van der Waals surface area contributed by atoms with Crippen molar-refractivity contribution in [1.29, 1.82) is 0 Å². The first-order valence-corrected chi connectivity index (χ1v) is 9.83. The number of sulfonamides is 1. The van der Waals surface area contributed by atoms with Crippen molar-refractivity contribution in [3.05, 3.63) is 53.9 Å². The second-order valence-corrected chi connectivity index (χ2v) is 7.42. The monoisotopic (exact) mass is 377 g/mol. The van der Waals surface area contributed by atoms with Crippen LogP contribution in [0.5, 0.6) is 5.75 Å². The van der Waals surface area contributed by atoms with Crippen LogP contribution in [0.25, 0.3) is 0 Å². The van der Waals surface area contributed by atoms with Crippen molar-refractivity contribution >= 4 is 15.9 Å². The Hall–Kier alpha value is -2.45. The lowest BCUT2D eigenvalue weighted by molar-refractivity contribution is 0.0930. The van der Waals surface area contributed by atoms with Gasteiger partial charge in [0, 0.05) is 12.4 Å². The third-order valence-corrected chi connectivity index (χ3v) is 4.89. The summed E-state index contributed by atoms with van der Waals surface area (Å²) in [5, 5.41) is 8.11. The fourth-order valence-electron chi connectivity index (χ4n) is 2.59. The Morgan fingerprint density at radius 2 is 2.12 bits per heavy atom. The molecule has 140 valence electrons. The first-order valence-electron chi connectivity index (χ1n) is 8.28. The summed E-state index contributed by atoms with van der Waals surface area (Å²) >= 11 is 0. The van der Waals surface area contributed by atoms with E-state index in [1.165, 1.54) is 25.3 Å². The van der Waals surface area contributed by atoms with Crippen LogP contribution in [0.1, 0.15) is 48.1 Å². The highest BCUT2D eigenvalue weighted by molar-refractivity contribution is 7.89. The molecule has 0 aliphatic rings. The van der Waals surface area contributed by atoms with Crippen molar-refractivity contribution in [3.63, 3.8) is 0 Å². The number of rotatable bonds is 8. The number of aromatic nitrogens is 1. The van der Waals surface area contributed by atoms with Crippen LogP contribution in [0.15, 0.2) is 47.6 Å². The van der Waals surface area contributed by atoms with Crippen molar-refractivity contribution in [1.82, 2.24) is 10.3 Å². The molecule has 0 radical (unpaired) electrons. The Morgan fingerprint density at radius 3 is 2.69 bits per heavy atom. The van der Waals surface area contributed by atoms with Crippen LogP contribution in [-0.2, 0) is 10.0 Å². The number of hydrogen-bond acceptors (Lipinski definition) is 5. The van der Waals surface area contributed by atoms with Gasteiger partial charge in [-0.2, -0.15) is 0 Å². The number of carbonyl (C=O) groups is 1. The van der Waals surface area contributed by atoms with Gasteiger partial charge in [-0.3, -0.25) is 9.78 Å². The Bertz CT molecular complexity index is 854. The van der Waals surface area contributed by atoms with E-state index in [4.69, 9.17) is 9.88 Å². The lowest BCUT2D eigenvalue weighted by atomic mass is 10.0. The van der Waals surface area contributed by atoms with E-state index in [0.717, 1.165) is 24.8 Å². The molecule has 0 aliphatic carbocycles. The minimum absolute atomic E-state index is 0.115. The van der Waals surface area contributed by atoms with Crippen LogP contribution in [0, 0.1) is 0 Å². The first kappa shape index (κ1) is 19.9. The number of nitrogens with zero attached hydrogens (tertiary/aromatic N) is 1. The molecule has 2 aromatic rings. The molecule has 0 bridgehead atoms. The fourth-order valence-corrected chi connectivity index (χ4v) is 3.13. The minimum atomic E-state index is -3.92. The number of methoxy groups -OCH3 is 1. The SMILES string of the molecule is CCCC[C@H](NC(=O)c1cc(S(N)(=O)=O)ccc1OC)c1cccnc1. The zero-order valence-electron chi connectivity index (χ0n) is 14.8. The van der Waals surface area contributed by atoms with E-state index in [1.807, 2.05) is 12.1 Å². The Labute approximate surface area is 153 Å². The molecule has 1 atom stereocenters. The number of benzene rings is 1. The van der Waals surface area contributed by atoms with E-state index in [-0.39, 0.29) is 22.3 Å². The lowest BCUT2D eigenvalue weighted by Gasteiger charge is -2.20. The van der Waals surface area contributed by atoms with Gasteiger partial charge in [0.05, 0.1) is 23.6 Å². The van der Waals surface area contributed by atoms with Crippen molar-refractivity contribution in [2.75, 3.05) is 7.11 Å². The van der Waals surface area contributed by atoms with E-state index in [2.05, 4.69) is 17.2 Å². The predicted molar refractivity (Wildman–Crippen MR) is 98.3 cm³/mol. The van der Waals surface area contributed by atoms with E-state index < -0.39 is 15.9 Å². The fraction of sp³-hybridized carbons (Fsp3) is 0.333. The molecule has 0 fully saturated rings. The van der Waals surface area contributed by atoms with Crippen LogP contribution in [-0.4, -0.2) is 26.4 Å². The average molecular weight is 377 g/mol. The molecular weight excluding hydrogens is 354 g/mol. The highest BCUT2D eigenvalue weighted by Gasteiger charge is 2.21. The van der Waals surface area contributed by atoms with Crippen molar-refractivity contribution in [2.45, 2.75) is 37.1 Å². The maximum Gasteiger partial charge on any atom is 0.255 e. The lowest BCUT2D eigenvalue weighted by Crippen LogP contribution is -2.29. The quantitative estimate of drug-likeness (QED) is 0.734. The van der Waals surface area contributed by atoms with Crippen LogP contribution in [0.2, 0.25) is 0 Å². The van der Waals surface area contributed by atoms with Gasteiger partial charge in [-0.15, -0.1) is 0 Å². The Kier molecular flexibility index (Phi) is 6.70. The van der Waals surface area contributed by atoms with Gasteiger partial charge in [-0.1, -0.05) is 25.8 Å². The minimum Gasteiger partial charge on any atom is -0.496 e. The van der Waals surface area contributed by atoms with Crippen molar-refractivity contribution < 1.29 is 17.9 Å². The summed E-state index contributed by atoms with van der Waals surface area (Å²) in [6.07, 6.45) is 6.02. The van der Waals surface area contributed by atoms with E-state index >= 15 is 0 Å². The third kappa shape index (κ3) is 5.03. The smallest absolute Gasteiger partial charge is 0.255 e. The second-order valence-electron chi connectivity index (χ2n) is 5.86. The van der Waals surface area contributed by atoms with E-state index in [1.54, 1.807) is 12.4 Å². The summed E-state index contributed by atoms with van der Waals surface area (Å²) in [5.74, 6) is -0.160. The molecule has 1 aromatic carbocycles. The van der Waals surface area contributed by atoms with Gasteiger partial charge < -0.3 is 10.1 Å². The van der Waals surface area contributed by atoms with Gasteiger partial charge in [0.1, 0.15) is 5.75 Å². The van der Waals surface area contributed by atoms with Crippen molar-refractivity contribution in [2.24, 2.45) is 5.14 Å². The molecule has 0 unspecified atom stereocenters. The molecule has 7 nitrogen and oxygen atoms in total. The van der Waals surface area contributed by atoms with Gasteiger partial charge in [0.25, 0.3) is 5.91 Å². The van der Waals surface area contributed by atoms with Gasteiger partial charge in [0.2, 0.25) is 10.0 Å². The maximum absolute atomic E-state index is 12.8. The molecule has 1 aromatic heterocycles. The Morgan fingerprint density at radius 1 is 1.35 bits per heavy atom. The molecule has 0 saturated carbocycles. The molecule has 3 N–H and O–H groups in total. The summed E-state index contributed by atoms with van der Waals surface area (Å²) in [6, 6.07) is 7.41. The highest BCUT2D eigenvalue weighted by atomic mass is 32.2. The highest BCUT2D eigenvalue weighted by Crippen LogP contribution is 2.24. The van der Waals surface area contributed by atoms with Gasteiger partial charge in [-0.05, 0) is 36.2 Å². The van der Waals surface area contributed by atoms with E-state index in [0.29, 0.717) is 0 Å². The molecule has 1 heterocycles. The van der Waals surface area contributed by atoms with Gasteiger partial charge >= 0.3 is 0 Å². The van der Waals surface area contributed by atoms with Gasteiger partial charge in [-0.25, -0.2) is 13.6 Å². The summed E-state index contributed by atoms with van der Waals surface area (Å²) in [5.41, 5.74) is 1.00. The number of amides is 1. The normalized spacial score (nSPS) is 12.4. The van der Waals surface area contributed by atoms with E-state index in [9.17, 15) is 13.2 Å². The molecule has 26 heavy (non-hydrogen) atoms. The van der Waals surface area contributed by atoms with Crippen LogP contribution < -0.4 is 15.2 Å². The topological polar surface area (TPSA) is 111 Å². The molecule has 1 amide bonds. The number of primary sulfonamides is 1. The predicted octanol–water partition coefficient (Wildman–Crippen LogP) is 2.40. The molecule has 0 spiro atoms. The zero-order valence-corrected chi connectivity index (χ0v) is 15.6. The van der Waals surface area contributed by atoms with Crippen LogP contribution in [0.4, 0.5) is 0 Å². The molecule has 0 saturated heterocycles.